The van der Waals surface area contributed by atoms with Gasteiger partial charge in [0.15, 0.2) is 0 Å². The fraction of sp³-hybridized carbons (Fsp3) is 0.700. The van der Waals surface area contributed by atoms with Crippen LogP contribution in [-0.2, 0) is 21.5 Å². The fourth-order valence-corrected chi connectivity index (χ4v) is 5.58. The van der Waals surface area contributed by atoms with Crippen molar-refractivity contribution in [3.05, 3.63) is 21.4 Å². The number of rotatable bonds is 3. The van der Waals surface area contributed by atoms with E-state index in [-0.39, 0.29) is 23.6 Å². The molecule has 2 amide bonds. The molecule has 2 saturated heterocycles. The number of piperidine rings is 2. The molecule has 1 aromatic heterocycles. The minimum Gasteiger partial charge on any atom is -0.450 e. The summed E-state index contributed by atoms with van der Waals surface area (Å²) in [4.78, 5) is 28.5. The van der Waals surface area contributed by atoms with Crippen LogP contribution < -0.4 is 10.6 Å². The number of carbonyl (C=O) groups is 2. The molecule has 4 heterocycles. The second-order valence-corrected chi connectivity index (χ2v) is 8.86. The predicted octanol–water partition coefficient (Wildman–Crippen LogP) is 2.25. The molecule has 0 aliphatic carbocycles. The molecule has 2 N–H and O–H groups in total. The molecule has 3 aliphatic heterocycles. The summed E-state index contributed by atoms with van der Waals surface area (Å²) in [5, 5.41) is 6.56. The summed E-state index contributed by atoms with van der Waals surface area (Å²) in [6.07, 6.45) is 4.07. The first-order chi connectivity index (χ1) is 13.6. The highest BCUT2D eigenvalue weighted by molar-refractivity contribution is 7.14. The number of hydrogen-bond donors (Lipinski definition) is 2. The van der Waals surface area contributed by atoms with Crippen LogP contribution in [0.2, 0.25) is 0 Å². The lowest BCUT2D eigenvalue weighted by Crippen LogP contribution is -2.46. The molecular weight excluding hydrogens is 378 g/mol. The smallest absolute Gasteiger partial charge is 0.409 e. The number of amides is 2. The number of nitrogens with zero attached hydrogens (tertiary/aromatic N) is 1. The fourth-order valence-electron chi connectivity index (χ4n) is 4.45. The average Bonchev–Trinajstić information content (AvgIpc) is 3.16. The lowest BCUT2D eigenvalue weighted by Gasteiger charge is -2.40. The van der Waals surface area contributed by atoms with Crippen LogP contribution in [0, 0.1) is 0 Å². The Hall–Kier alpha value is -1.64. The molecule has 1 aromatic rings. The summed E-state index contributed by atoms with van der Waals surface area (Å²) in [6.45, 7) is 6.08. The van der Waals surface area contributed by atoms with Crippen LogP contribution in [0.15, 0.2) is 6.07 Å². The molecule has 154 valence electrons. The van der Waals surface area contributed by atoms with Crippen LogP contribution in [0.25, 0.3) is 0 Å². The molecule has 7 nitrogen and oxygen atoms in total. The Morgan fingerprint density at radius 2 is 2.11 bits per heavy atom. The zero-order chi connectivity index (χ0) is 19.6. The van der Waals surface area contributed by atoms with Crippen LogP contribution in [-0.4, -0.2) is 62.3 Å². The highest BCUT2D eigenvalue weighted by atomic mass is 32.1. The van der Waals surface area contributed by atoms with E-state index in [9.17, 15) is 9.59 Å². The number of likely N-dealkylation sites (tertiary alicyclic amines) is 1. The highest BCUT2D eigenvalue weighted by Gasteiger charge is 2.40. The van der Waals surface area contributed by atoms with Crippen LogP contribution in [0.1, 0.15) is 52.7 Å². The van der Waals surface area contributed by atoms with E-state index in [1.54, 1.807) is 16.2 Å². The van der Waals surface area contributed by atoms with Crippen molar-refractivity contribution in [2.75, 3.05) is 39.4 Å². The quantitative estimate of drug-likeness (QED) is 0.803. The lowest BCUT2D eigenvalue weighted by atomic mass is 9.83. The number of thiophene rings is 1. The van der Waals surface area contributed by atoms with Gasteiger partial charge >= 0.3 is 6.09 Å². The van der Waals surface area contributed by atoms with Crippen LogP contribution in [0.4, 0.5) is 4.79 Å². The lowest BCUT2D eigenvalue weighted by molar-refractivity contribution is -0.0792. The molecule has 0 bridgehead atoms. The first kappa shape index (κ1) is 19.7. The topological polar surface area (TPSA) is 79.9 Å². The Kier molecular flexibility index (Phi) is 5.89. The minimum absolute atomic E-state index is 0.00179. The van der Waals surface area contributed by atoms with Crippen LogP contribution in [0.3, 0.4) is 0 Å². The van der Waals surface area contributed by atoms with E-state index in [1.165, 1.54) is 10.4 Å². The second-order valence-electron chi connectivity index (χ2n) is 7.72. The number of fused-ring (bicyclic) bond motifs is 2. The molecule has 1 spiro atoms. The Labute approximate surface area is 169 Å². The molecular formula is C20H29N3O4S. The van der Waals surface area contributed by atoms with Gasteiger partial charge in [-0.3, -0.25) is 4.79 Å². The second kappa shape index (κ2) is 8.39. The van der Waals surface area contributed by atoms with Gasteiger partial charge in [0.05, 0.1) is 23.7 Å². The number of carbonyl (C=O) groups excluding carboxylic acids is 2. The molecule has 2 fully saturated rings. The molecule has 0 atom stereocenters. The molecule has 0 aromatic carbocycles. The minimum atomic E-state index is -0.259. The molecule has 28 heavy (non-hydrogen) atoms. The maximum Gasteiger partial charge on any atom is 0.409 e. The Morgan fingerprint density at radius 3 is 2.82 bits per heavy atom. The zero-order valence-corrected chi connectivity index (χ0v) is 17.2. The third-order valence-corrected chi connectivity index (χ3v) is 7.19. The van der Waals surface area contributed by atoms with E-state index in [2.05, 4.69) is 16.7 Å². The summed E-state index contributed by atoms with van der Waals surface area (Å²) < 4.78 is 11.3. The van der Waals surface area contributed by atoms with Crippen molar-refractivity contribution in [2.45, 2.75) is 50.7 Å². The first-order valence-electron chi connectivity index (χ1n) is 10.3. The van der Waals surface area contributed by atoms with Gasteiger partial charge in [0.2, 0.25) is 0 Å². The van der Waals surface area contributed by atoms with Crippen molar-refractivity contribution >= 4 is 23.3 Å². The Bertz CT molecular complexity index is 721. The Balaban J connectivity index is 1.38. The number of hydrogen-bond acceptors (Lipinski definition) is 6. The van der Waals surface area contributed by atoms with Gasteiger partial charge in [0.25, 0.3) is 5.91 Å². The van der Waals surface area contributed by atoms with Crippen LogP contribution >= 0.6 is 11.3 Å². The average molecular weight is 408 g/mol. The summed E-state index contributed by atoms with van der Waals surface area (Å²) in [5.74, 6) is -0.00179. The zero-order valence-electron chi connectivity index (χ0n) is 16.4. The first-order valence-corrected chi connectivity index (χ1v) is 11.1. The van der Waals surface area contributed by atoms with E-state index in [4.69, 9.17) is 9.47 Å². The van der Waals surface area contributed by atoms with E-state index in [1.807, 2.05) is 6.92 Å². The molecule has 0 unspecified atom stereocenters. The molecule has 3 aliphatic rings. The maximum atomic E-state index is 12.9. The van der Waals surface area contributed by atoms with Gasteiger partial charge in [-0.25, -0.2) is 4.79 Å². The van der Waals surface area contributed by atoms with Gasteiger partial charge in [-0.1, -0.05) is 0 Å². The van der Waals surface area contributed by atoms with Crippen molar-refractivity contribution in [3.8, 4) is 0 Å². The van der Waals surface area contributed by atoms with E-state index < -0.39 is 0 Å². The number of nitrogens with one attached hydrogen (secondary N) is 2. The Morgan fingerprint density at radius 1 is 1.36 bits per heavy atom. The van der Waals surface area contributed by atoms with Gasteiger partial charge < -0.3 is 25.0 Å². The summed E-state index contributed by atoms with van der Waals surface area (Å²) >= 11 is 1.61. The molecule has 0 saturated carbocycles. The third kappa shape index (κ3) is 3.90. The van der Waals surface area contributed by atoms with E-state index in [0.29, 0.717) is 19.7 Å². The van der Waals surface area contributed by atoms with Crippen molar-refractivity contribution < 1.29 is 19.1 Å². The van der Waals surface area contributed by atoms with Crippen LogP contribution in [0.5, 0.6) is 0 Å². The van der Waals surface area contributed by atoms with Gasteiger partial charge in [0, 0.05) is 30.4 Å². The summed E-state index contributed by atoms with van der Waals surface area (Å²) in [7, 11) is 0. The standard InChI is InChI=1S/C20H29N3O4S/c1-2-26-19(25)23-10-3-14(4-11-23)22-18(24)17-13-15-16(28-17)5-12-27-20(15)6-8-21-9-7-20/h13-14,21H,2-12H2,1H3,(H,22,24). The van der Waals surface area contributed by atoms with Crippen molar-refractivity contribution in [3.63, 3.8) is 0 Å². The monoisotopic (exact) mass is 407 g/mol. The van der Waals surface area contributed by atoms with E-state index >= 15 is 0 Å². The predicted molar refractivity (Wildman–Crippen MR) is 107 cm³/mol. The highest BCUT2D eigenvalue weighted by Crippen LogP contribution is 2.43. The van der Waals surface area contributed by atoms with Gasteiger partial charge in [-0.05, 0) is 57.3 Å². The summed E-state index contributed by atoms with van der Waals surface area (Å²) in [5.41, 5.74) is 1.02. The molecule has 4 rings (SSSR count). The van der Waals surface area contributed by atoms with Crippen molar-refractivity contribution in [2.24, 2.45) is 0 Å². The third-order valence-electron chi connectivity index (χ3n) is 6.00. The summed E-state index contributed by atoms with van der Waals surface area (Å²) in [6, 6.07) is 2.16. The molecule has 8 heteroatoms. The van der Waals surface area contributed by atoms with Gasteiger partial charge in [-0.2, -0.15) is 0 Å². The number of ether oxygens (including phenoxy) is 2. The molecule has 0 radical (unpaired) electrons. The van der Waals surface area contributed by atoms with Gasteiger partial charge in [0.1, 0.15) is 0 Å². The largest absolute Gasteiger partial charge is 0.450 e. The van der Waals surface area contributed by atoms with Crippen molar-refractivity contribution in [1.29, 1.82) is 0 Å². The van der Waals surface area contributed by atoms with E-state index in [0.717, 1.165) is 56.7 Å². The maximum absolute atomic E-state index is 12.9. The van der Waals surface area contributed by atoms with Gasteiger partial charge in [-0.15, -0.1) is 11.3 Å². The SMILES string of the molecule is CCOC(=O)N1CCC(NC(=O)c2cc3c(s2)CCOC32CCNCC2)CC1. The van der Waals surface area contributed by atoms with Crippen molar-refractivity contribution in [1.82, 2.24) is 15.5 Å². The normalized spacial score (nSPS) is 22.0.